The van der Waals surface area contributed by atoms with Crippen molar-refractivity contribution >= 4 is 6.21 Å². The summed E-state index contributed by atoms with van der Waals surface area (Å²) in [5.74, 6) is 0. The second-order valence-corrected chi connectivity index (χ2v) is 3.52. The summed E-state index contributed by atoms with van der Waals surface area (Å²) < 4.78 is 46.7. The van der Waals surface area contributed by atoms with Gasteiger partial charge >= 0.3 is 6.18 Å². The highest BCUT2D eigenvalue weighted by atomic mass is 19.4. The second-order valence-electron chi connectivity index (χ2n) is 3.52. The van der Waals surface area contributed by atoms with Gasteiger partial charge in [0.2, 0.25) is 0 Å². The summed E-state index contributed by atoms with van der Waals surface area (Å²) in [4.78, 5) is 4.02. The van der Waals surface area contributed by atoms with Crippen LogP contribution in [0.3, 0.4) is 0 Å². The molecular weight excluding hydrogens is 247 g/mol. The third kappa shape index (κ3) is 4.46. The maximum Gasteiger partial charge on any atom is 0.416 e. The molecule has 1 rings (SSSR count). The molecule has 0 N–H and O–H groups in total. The number of benzene rings is 1. The van der Waals surface area contributed by atoms with Gasteiger partial charge < -0.3 is 9.47 Å². The average molecular weight is 261 g/mol. The number of methoxy groups -OCH3 is 2. The first-order valence-corrected chi connectivity index (χ1v) is 5.19. The van der Waals surface area contributed by atoms with Crippen LogP contribution >= 0.6 is 0 Å². The molecule has 0 aliphatic heterocycles. The van der Waals surface area contributed by atoms with Crippen molar-refractivity contribution < 1.29 is 22.6 Å². The van der Waals surface area contributed by atoms with Crippen molar-refractivity contribution in [3.05, 3.63) is 35.4 Å². The first kappa shape index (κ1) is 14.7. The van der Waals surface area contributed by atoms with Crippen LogP contribution < -0.4 is 0 Å². The number of hydrogen-bond donors (Lipinski definition) is 0. The van der Waals surface area contributed by atoms with Gasteiger partial charge in [-0.25, -0.2) is 0 Å². The van der Waals surface area contributed by atoms with E-state index in [1.54, 1.807) is 0 Å². The van der Waals surface area contributed by atoms with E-state index < -0.39 is 18.0 Å². The molecule has 1 aromatic carbocycles. The Labute approximate surface area is 103 Å². The standard InChI is InChI=1S/C12H14F3NO2/c1-17-11(18-2)8-16-7-9-3-5-10(6-4-9)12(13,14)15/h3-6,8,11H,7H2,1-2H3. The number of aliphatic imine (C=N–C) groups is 1. The summed E-state index contributed by atoms with van der Waals surface area (Å²) in [6.07, 6.45) is -3.39. The fourth-order valence-electron chi connectivity index (χ4n) is 1.26. The summed E-state index contributed by atoms with van der Waals surface area (Å²) in [6.45, 7) is 0.279. The van der Waals surface area contributed by atoms with E-state index in [0.717, 1.165) is 12.1 Å². The van der Waals surface area contributed by atoms with Crippen molar-refractivity contribution in [2.24, 2.45) is 4.99 Å². The predicted octanol–water partition coefficient (Wildman–Crippen LogP) is 2.90. The number of ether oxygens (including phenoxy) is 2. The van der Waals surface area contributed by atoms with Gasteiger partial charge in [0.25, 0.3) is 0 Å². The Bertz CT molecular complexity index is 383. The molecule has 0 unspecified atom stereocenters. The highest BCUT2D eigenvalue weighted by molar-refractivity contribution is 5.61. The lowest BCUT2D eigenvalue weighted by Gasteiger charge is -2.07. The molecule has 18 heavy (non-hydrogen) atoms. The molecule has 3 nitrogen and oxygen atoms in total. The fraction of sp³-hybridized carbons (Fsp3) is 0.417. The summed E-state index contributed by atoms with van der Waals surface area (Å²) in [7, 11) is 2.94. The maximum atomic E-state index is 12.3. The van der Waals surface area contributed by atoms with E-state index in [4.69, 9.17) is 9.47 Å². The number of halogens is 3. The van der Waals surface area contributed by atoms with Crippen LogP contribution in [0.2, 0.25) is 0 Å². The van der Waals surface area contributed by atoms with Crippen LogP contribution in [0, 0.1) is 0 Å². The Hall–Kier alpha value is -1.40. The Morgan fingerprint density at radius 2 is 1.72 bits per heavy atom. The largest absolute Gasteiger partial charge is 0.416 e. The highest BCUT2D eigenvalue weighted by Crippen LogP contribution is 2.29. The summed E-state index contributed by atoms with van der Waals surface area (Å²) in [5, 5.41) is 0. The zero-order valence-corrected chi connectivity index (χ0v) is 10.1. The maximum absolute atomic E-state index is 12.3. The van der Waals surface area contributed by atoms with Crippen molar-refractivity contribution in [2.75, 3.05) is 14.2 Å². The van der Waals surface area contributed by atoms with Crippen molar-refractivity contribution in [2.45, 2.75) is 19.0 Å². The molecule has 0 aliphatic carbocycles. The Kier molecular flexibility index (Phi) is 5.30. The van der Waals surface area contributed by atoms with E-state index in [1.165, 1.54) is 32.6 Å². The van der Waals surface area contributed by atoms with Crippen LogP contribution in [-0.2, 0) is 22.2 Å². The minimum atomic E-state index is -4.31. The molecule has 0 atom stereocenters. The lowest BCUT2D eigenvalue weighted by atomic mass is 10.1. The number of hydrogen-bond acceptors (Lipinski definition) is 3. The van der Waals surface area contributed by atoms with Gasteiger partial charge in [-0.2, -0.15) is 13.2 Å². The normalized spacial score (nSPS) is 12.6. The van der Waals surface area contributed by atoms with E-state index in [2.05, 4.69) is 4.99 Å². The second kappa shape index (κ2) is 6.51. The minimum absolute atomic E-state index is 0.279. The van der Waals surface area contributed by atoms with Gasteiger partial charge in [0.05, 0.1) is 18.3 Å². The van der Waals surface area contributed by atoms with E-state index in [1.807, 2.05) is 0 Å². The quantitative estimate of drug-likeness (QED) is 0.602. The van der Waals surface area contributed by atoms with Crippen LogP contribution in [0.1, 0.15) is 11.1 Å². The Morgan fingerprint density at radius 3 is 2.17 bits per heavy atom. The zero-order chi connectivity index (χ0) is 13.6. The smallest absolute Gasteiger partial charge is 0.351 e. The minimum Gasteiger partial charge on any atom is -0.351 e. The predicted molar refractivity (Wildman–Crippen MR) is 61.4 cm³/mol. The van der Waals surface area contributed by atoms with Gasteiger partial charge in [-0.05, 0) is 17.7 Å². The van der Waals surface area contributed by atoms with Crippen LogP contribution in [0.25, 0.3) is 0 Å². The van der Waals surface area contributed by atoms with E-state index >= 15 is 0 Å². The van der Waals surface area contributed by atoms with Crippen molar-refractivity contribution in [3.8, 4) is 0 Å². The van der Waals surface area contributed by atoms with Gasteiger partial charge in [0, 0.05) is 14.2 Å². The van der Waals surface area contributed by atoms with Gasteiger partial charge in [-0.1, -0.05) is 12.1 Å². The lowest BCUT2D eigenvalue weighted by molar-refractivity contribution is -0.137. The van der Waals surface area contributed by atoms with Gasteiger partial charge in [-0.3, -0.25) is 4.99 Å². The molecule has 0 fully saturated rings. The zero-order valence-electron chi connectivity index (χ0n) is 10.1. The SMILES string of the molecule is COC(C=NCc1ccc(C(F)(F)F)cc1)OC. The van der Waals surface area contributed by atoms with Crippen molar-refractivity contribution in [3.63, 3.8) is 0 Å². The Balaban J connectivity index is 2.59. The molecule has 1 aromatic rings. The van der Waals surface area contributed by atoms with E-state index in [-0.39, 0.29) is 6.54 Å². The monoisotopic (exact) mass is 261 g/mol. The topological polar surface area (TPSA) is 30.8 Å². The van der Waals surface area contributed by atoms with Crippen LogP contribution in [0.5, 0.6) is 0 Å². The molecule has 0 aromatic heterocycles. The number of alkyl halides is 3. The third-order valence-corrected chi connectivity index (χ3v) is 2.25. The number of nitrogens with zero attached hydrogens (tertiary/aromatic N) is 1. The van der Waals surface area contributed by atoms with Gasteiger partial charge in [0.1, 0.15) is 0 Å². The Morgan fingerprint density at radius 1 is 1.17 bits per heavy atom. The molecule has 0 aliphatic rings. The van der Waals surface area contributed by atoms with Gasteiger partial charge in [0.15, 0.2) is 6.29 Å². The third-order valence-electron chi connectivity index (χ3n) is 2.25. The molecule has 100 valence electrons. The van der Waals surface area contributed by atoms with E-state index in [0.29, 0.717) is 5.56 Å². The number of rotatable bonds is 5. The highest BCUT2D eigenvalue weighted by Gasteiger charge is 2.29. The van der Waals surface area contributed by atoms with Crippen molar-refractivity contribution in [1.82, 2.24) is 0 Å². The molecule has 6 heteroatoms. The molecule has 0 radical (unpaired) electrons. The molecular formula is C12H14F3NO2. The van der Waals surface area contributed by atoms with Crippen LogP contribution in [0.4, 0.5) is 13.2 Å². The van der Waals surface area contributed by atoms with Crippen LogP contribution in [-0.4, -0.2) is 26.7 Å². The van der Waals surface area contributed by atoms with Crippen molar-refractivity contribution in [1.29, 1.82) is 0 Å². The summed E-state index contributed by atoms with van der Waals surface area (Å²) in [6, 6.07) is 4.87. The lowest BCUT2D eigenvalue weighted by Crippen LogP contribution is -2.14. The molecule has 0 spiro atoms. The first-order chi connectivity index (χ1) is 8.47. The summed E-state index contributed by atoms with van der Waals surface area (Å²) >= 11 is 0. The molecule has 0 saturated heterocycles. The molecule has 0 bridgehead atoms. The average Bonchev–Trinajstić information content (AvgIpc) is 2.34. The van der Waals surface area contributed by atoms with E-state index in [9.17, 15) is 13.2 Å². The van der Waals surface area contributed by atoms with Gasteiger partial charge in [-0.15, -0.1) is 0 Å². The summed E-state index contributed by atoms with van der Waals surface area (Å²) in [5.41, 5.74) is 0.0205. The fourth-order valence-corrected chi connectivity index (χ4v) is 1.26. The molecule has 0 amide bonds. The molecule has 0 heterocycles. The van der Waals surface area contributed by atoms with Crippen LogP contribution in [0.15, 0.2) is 29.3 Å². The first-order valence-electron chi connectivity index (χ1n) is 5.19. The molecule has 0 saturated carbocycles.